The van der Waals surface area contributed by atoms with Crippen LogP contribution in [-0.4, -0.2) is 44.6 Å². The van der Waals surface area contributed by atoms with Crippen LogP contribution in [0.25, 0.3) is 0 Å². The Balaban J connectivity index is 1.79. The predicted molar refractivity (Wildman–Crippen MR) is 139 cm³/mol. The summed E-state index contributed by atoms with van der Waals surface area (Å²) in [6.45, 7) is 4.31. The highest BCUT2D eigenvalue weighted by molar-refractivity contribution is 8.00. The molecule has 0 fully saturated rings. The van der Waals surface area contributed by atoms with Crippen LogP contribution >= 0.6 is 11.8 Å². The Hall–Kier alpha value is -2.81. The molecule has 180 valence electrons. The minimum Gasteiger partial charge on any atom is -0.495 e. The van der Waals surface area contributed by atoms with Crippen LogP contribution in [-0.2, 0) is 14.8 Å². The van der Waals surface area contributed by atoms with E-state index in [9.17, 15) is 13.2 Å². The zero-order chi connectivity index (χ0) is 24.6. The summed E-state index contributed by atoms with van der Waals surface area (Å²) in [5, 5.41) is 2.83. The van der Waals surface area contributed by atoms with E-state index in [1.165, 1.54) is 35.3 Å². The van der Waals surface area contributed by atoms with Crippen LogP contribution in [0.2, 0.25) is 0 Å². The highest BCUT2D eigenvalue weighted by Crippen LogP contribution is 2.36. The molecular weight excluding hydrogens is 468 g/mol. The molecule has 8 heteroatoms. The van der Waals surface area contributed by atoms with Gasteiger partial charge in [0.1, 0.15) is 5.75 Å². The number of anilines is 1. The van der Waals surface area contributed by atoms with E-state index in [1.807, 2.05) is 60.7 Å². The summed E-state index contributed by atoms with van der Waals surface area (Å²) >= 11 is 1.51. The number of carbonyl (C=O) groups is 1. The number of rotatable bonds is 11. The monoisotopic (exact) mass is 498 g/mol. The number of nitrogens with one attached hydrogen (secondary N) is 1. The molecular formula is C26H30N2O4S2. The van der Waals surface area contributed by atoms with Crippen molar-refractivity contribution in [1.29, 1.82) is 0 Å². The van der Waals surface area contributed by atoms with E-state index in [2.05, 4.69) is 5.32 Å². The molecule has 0 unspecified atom stereocenters. The average molecular weight is 499 g/mol. The number of carbonyl (C=O) groups excluding carboxylic acids is 1. The summed E-state index contributed by atoms with van der Waals surface area (Å²) in [4.78, 5) is 13.0. The Kier molecular flexibility index (Phi) is 9.15. The van der Waals surface area contributed by atoms with Crippen LogP contribution in [0.5, 0.6) is 5.75 Å². The number of sulfonamides is 1. The van der Waals surface area contributed by atoms with Gasteiger partial charge in [0.05, 0.1) is 28.7 Å². The Morgan fingerprint density at radius 3 is 2.00 bits per heavy atom. The van der Waals surface area contributed by atoms with E-state index < -0.39 is 10.0 Å². The van der Waals surface area contributed by atoms with Gasteiger partial charge in [-0.3, -0.25) is 4.79 Å². The number of methoxy groups -OCH3 is 1. The minimum absolute atomic E-state index is 0.00979. The third kappa shape index (κ3) is 6.20. The molecule has 0 aromatic heterocycles. The first kappa shape index (κ1) is 25.8. The Labute approximate surface area is 206 Å². The van der Waals surface area contributed by atoms with Gasteiger partial charge >= 0.3 is 0 Å². The molecule has 3 aromatic carbocycles. The minimum atomic E-state index is -3.66. The maximum absolute atomic E-state index is 12.9. The van der Waals surface area contributed by atoms with E-state index in [0.717, 1.165) is 11.1 Å². The number of amides is 1. The molecule has 0 saturated heterocycles. The van der Waals surface area contributed by atoms with Gasteiger partial charge in [0.15, 0.2) is 0 Å². The number of hydrogen-bond donors (Lipinski definition) is 1. The van der Waals surface area contributed by atoms with Crippen LogP contribution in [0.15, 0.2) is 83.8 Å². The first-order valence-electron chi connectivity index (χ1n) is 11.1. The van der Waals surface area contributed by atoms with Gasteiger partial charge in [-0.25, -0.2) is 8.42 Å². The van der Waals surface area contributed by atoms with Crippen molar-refractivity contribution in [2.24, 2.45) is 0 Å². The van der Waals surface area contributed by atoms with Gasteiger partial charge in [0.2, 0.25) is 15.9 Å². The number of hydrogen-bond acceptors (Lipinski definition) is 5. The van der Waals surface area contributed by atoms with Gasteiger partial charge in [0.25, 0.3) is 0 Å². The highest BCUT2D eigenvalue weighted by atomic mass is 32.2. The average Bonchev–Trinajstić information content (AvgIpc) is 2.86. The lowest BCUT2D eigenvalue weighted by molar-refractivity contribution is -0.113. The second-order valence-corrected chi connectivity index (χ2v) is 10.5. The second-order valence-electron chi connectivity index (χ2n) is 7.51. The van der Waals surface area contributed by atoms with Gasteiger partial charge < -0.3 is 10.1 Å². The van der Waals surface area contributed by atoms with Crippen LogP contribution in [0.4, 0.5) is 5.69 Å². The summed E-state index contributed by atoms with van der Waals surface area (Å²) < 4.78 is 32.6. The zero-order valence-corrected chi connectivity index (χ0v) is 21.2. The fraction of sp³-hybridized carbons (Fsp3) is 0.269. The summed E-state index contributed by atoms with van der Waals surface area (Å²) in [5.74, 6) is 0.349. The highest BCUT2D eigenvalue weighted by Gasteiger charge is 2.23. The molecule has 0 aliphatic carbocycles. The van der Waals surface area contributed by atoms with Gasteiger partial charge in [-0.05, 0) is 29.3 Å². The summed E-state index contributed by atoms with van der Waals surface area (Å²) in [5.41, 5.74) is 2.55. The molecule has 34 heavy (non-hydrogen) atoms. The molecule has 0 radical (unpaired) electrons. The number of thioether (sulfide) groups is 1. The van der Waals surface area contributed by atoms with Crippen molar-refractivity contribution in [3.63, 3.8) is 0 Å². The molecule has 0 saturated carbocycles. The van der Waals surface area contributed by atoms with Gasteiger partial charge in [-0.15, -0.1) is 11.8 Å². The maximum atomic E-state index is 12.9. The Morgan fingerprint density at radius 1 is 0.941 bits per heavy atom. The van der Waals surface area contributed by atoms with Gasteiger partial charge in [0, 0.05) is 13.1 Å². The van der Waals surface area contributed by atoms with E-state index in [1.54, 1.807) is 19.9 Å². The van der Waals surface area contributed by atoms with Crippen LogP contribution in [0.3, 0.4) is 0 Å². The quantitative estimate of drug-likeness (QED) is 0.394. The van der Waals surface area contributed by atoms with Crippen LogP contribution in [0.1, 0.15) is 30.2 Å². The molecule has 3 aromatic rings. The summed E-state index contributed by atoms with van der Waals surface area (Å²) in [7, 11) is -2.18. The third-order valence-electron chi connectivity index (χ3n) is 5.37. The first-order chi connectivity index (χ1) is 16.4. The lowest BCUT2D eigenvalue weighted by Gasteiger charge is -2.20. The van der Waals surface area contributed by atoms with Crippen LogP contribution in [0, 0.1) is 0 Å². The molecule has 3 rings (SSSR count). The molecule has 0 atom stereocenters. The van der Waals surface area contributed by atoms with Crippen molar-refractivity contribution in [3.8, 4) is 5.75 Å². The summed E-state index contributed by atoms with van der Waals surface area (Å²) in [6.07, 6.45) is 0. The fourth-order valence-electron chi connectivity index (χ4n) is 3.64. The molecule has 0 aliphatic heterocycles. The van der Waals surface area contributed by atoms with Gasteiger partial charge in [-0.2, -0.15) is 4.31 Å². The molecule has 0 heterocycles. The smallest absolute Gasteiger partial charge is 0.243 e. The Morgan fingerprint density at radius 2 is 1.50 bits per heavy atom. The van der Waals surface area contributed by atoms with Crippen molar-refractivity contribution in [2.45, 2.75) is 24.0 Å². The van der Waals surface area contributed by atoms with E-state index in [-0.39, 0.29) is 21.8 Å². The van der Waals surface area contributed by atoms with Crippen molar-refractivity contribution < 1.29 is 17.9 Å². The van der Waals surface area contributed by atoms with Crippen LogP contribution < -0.4 is 10.1 Å². The predicted octanol–water partition coefficient (Wildman–Crippen LogP) is 5.19. The normalized spacial score (nSPS) is 11.6. The third-order valence-corrected chi connectivity index (χ3v) is 8.73. The number of ether oxygens (including phenoxy) is 1. The molecule has 0 aliphatic rings. The number of benzene rings is 3. The molecule has 1 amide bonds. The zero-order valence-electron chi connectivity index (χ0n) is 19.6. The molecule has 0 spiro atoms. The Bertz CT molecular complexity index is 1140. The van der Waals surface area contributed by atoms with E-state index >= 15 is 0 Å². The molecule has 6 nitrogen and oxygen atoms in total. The van der Waals surface area contributed by atoms with E-state index in [0.29, 0.717) is 24.5 Å². The SMILES string of the molecule is CCN(CC)S(=O)(=O)c1ccc(OC)c(NC(=O)CSC(c2ccccc2)c2ccccc2)c1. The largest absolute Gasteiger partial charge is 0.495 e. The van der Waals surface area contributed by atoms with E-state index in [4.69, 9.17) is 4.74 Å². The molecule has 1 N–H and O–H groups in total. The standard InChI is InChI=1S/C26H30N2O4S2/c1-4-28(5-2)34(30,31)22-16-17-24(32-3)23(18-22)27-25(29)19-33-26(20-12-8-6-9-13-20)21-14-10-7-11-15-21/h6-18,26H,4-5,19H2,1-3H3,(H,27,29). The molecule has 0 bridgehead atoms. The lowest BCUT2D eigenvalue weighted by atomic mass is 10.0. The maximum Gasteiger partial charge on any atom is 0.243 e. The fourth-order valence-corrected chi connectivity index (χ4v) is 6.22. The number of nitrogens with zero attached hydrogens (tertiary/aromatic N) is 1. The topological polar surface area (TPSA) is 75.7 Å². The lowest BCUT2D eigenvalue weighted by Crippen LogP contribution is -2.30. The first-order valence-corrected chi connectivity index (χ1v) is 13.6. The van der Waals surface area contributed by atoms with Crippen molar-refractivity contribution in [3.05, 3.63) is 90.0 Å². The van der Waals surface area contributed by atoms with Crippen molar-refractivity contribution >= 4 is 33.4 Å². The second kappa shape index (κ2) is 12.1. The summed E-state index contributed by atoms with van der Waals surface area (Å²) in [6, 6.07) is 24.6. The van der Waals surface area contributed by atoms with Gasteiger partial charge in [-0.1, -0.05) is 74.5 Å². The van der Waals surface area contributed by atoms with Crippen molar-refractivity contribution in [1.82, 2.24) is 4.31 Å². The van der Waals surface area contributed by atoms with Crippen molar-refractivity contribution in [2.75, 3.05) is 31.3 Å².